The lowest BCUT2D eigenvalue weighted by molar-refractivity contribution is -0.119. The lowest BCUT2D eigenvalue weighted by atomic mass is 9.97. The first-order valence-corrected chi connectivity index (χ1v) is 4.14. The number of carbonyl (C=O) groups is 2. The van der Waals surface area contributed by atoms with Crippen molar-refractivity contribution in [3.05, 3.63) is 34.9 Å². The first kappa shape index (κ1) is 6.73. The molecule has 1 aromatic carbocycles. The molecular weight excluding hydrogens is 180 g/mol. The molecule has 0 fully saturated rings. The Labute approximate surface area is 83.9 Å². The number of amides is 2. The minimum absolute atomic E-state index is 0.0744. The third-order valence-corrected chi connectivity index (χ3v) is 2.12. The molecule has 2 amide bonds. The van der Waals surface area contributed by atoms with E-state index in [9.17, 15) is 9.59 Å². The monoisotopic (exact) mass is 192 g/mol. The van der Waals surface area contributed by atoms with Crippen molar-refractivity contribution in [3.8, 4) is 0 Å². The Bertz CT molecular complexity index is 480. The van der Waals surface area contributed by atoms with E-state index < -0.39 is 12.4 Å². The van der Waals surface area contributed by atoms with Crippen LogP contribution < -0.4 is 11.1 Å². The molecule has 1 aliphatic rings. The highest BCUT2D eigenvalue weighted by molar-refractivity contribution is 6.09. The van der Waals surface area contributed by atoms with E-state index in [-0.39, 0.29) is 17.9 Å². The van der Waals surface area contributed by atoms with Gasteiger partial charge in [0.2, 0.25) is 5.91 Å². The van der Waals surface area contributed by atoms with Crippen molar-refractivity contribution in [2.24, 2.45) is 5.73 Å². The summed E-state index contributed by atoms with van der Waals surface area (Å²) < 4.78 is 14.7. The van der Waals surface area contributed by atoms with Crippen molar-refractivity contribution in [3.63, 3.8) is 0 Å². The van der Waals surface area contributed by atoms with Gasteiger partial charge < -0.3 is 5.73 Å². The lowest BCUT2D eigenvalue weighted by Crippen LogP contribution is -2.37. The highest BCUT2D eigenvalue weighted by Gasteiger charge is 2.21. The summed E-state index contributed by atoms with van der Waals surface area (Å²) in [6.45, 7) is -1.97. The second kappa shape index (κ2) is 3.23. The molecule has 4 nitrogen and oxygen atoms in total. The maximum Gasteiger partial charge on any atom is 0.258 e. The van der Waals surface area contributed by atoms with Gasteiger partial charge in [-0.3, -0.25) is 14.9 Å². The van der Waals surface area contributed by atoms with Crippen molar-refractivity contribution in [2.75, 3.05) is 0 Å². The predicted molar refractivity (Wildman–Crippen MR) is 50.5 cm³/mol. The van der Waals surface area contributed by atoms with Crippen molar-refractivity contribution >= 4 is 11.8 Å². The molecule has 72 valence electrons. The van der Waals surface area contributed by atoms with Crippen LogP contribution in [0.4, 0.5) is 0 Å². The van der Waals surface area contributed by atoms with Gasteiger partial charge in [0.05, 0.1) is 6.42 Å². The fraction of sp³-hybridized carbons (Fsp3) is 0.200. The van der Waals surface area contributed by atoms with Crippen LogP contribution >= 0.6 is 0 Å². The van der Waals surface area contributed by atoms with Crippen LogP contribution in [0.25, 0.3) is 0 Å². The van der Waals surface area contributed by atoms with Crippen molar-refractivity contribution < 1.29 is 12.3 Å². The smallest absolute Gasteiger partial charge is 0.258 e. The maximum atomic E-state index is 11.4. The van der Waals surface area contributed by atoms with Crippen LogP contribution in [0, 0.1) is 0 Å². The number of hydrogen-bond acceptors (Lipinski definition) is 3. The number of nitrogens with two attached hydrogens (primary N) is 1. The van der Waals surface area contributed by atoms with Gasteiger partial charge in [0.15, 0.2) is 0 Å². The van der Waals surface area contributed by atoms with Gasteiger partial charge in [0, 0.05) is 14.8 Å². The lowest BCUT2D eigenvalue weighted by Gasteiger charge is -2.15. The zero-order valence-electron chi connectivity index (χ0n) is 9.33. The molecule has 4 heteroatoms. The number of nitrogens with one attached hydrogen (secondary N) is 1. The Morgan fingerprint density at radius 1 is 1.50 bits per heavy atom. The minimum atomic E-state index is -1.97. The molecular formula is C10H10N2O2. The Morgan fingerprint density at radius 2 is 2.29 bits per heavy atom. The fourth-order valence-electron chi connectivity index (χ4n) is 1.46. The summed E-state index contributed by atoms with van der Waals surface area (Å²) in [5.41, 5.74) is 6.48. The van der Waals surface area contributed by atoms with Gasteiger partial charge >= 0.3 is 0 Å². The maximum absolute atomic E-state index is 11.4. The fourth-order valence-corrected chi connectivity index (χ4v) is 1.46. The van der Waals surface area contributed by atoms with E-state index in [1.165, 1.54) is 18.2 Å². The molecule has 2 rings (SSSR count). The van der Waals surface area contributed by atoms with E-state index in [2.05, 4.69) is 5.32 Å². The van der Waals surface area contributed by atoms with Crippen molar-refractivity contribution in [1.29, 1.82) is 0 Å². The molecule has 1 aromatic rings. The second-order valence-corrected chi connectivity index (χ2v) is 3.07. The minimum Gasteiger partial charge on any atom is -0.326 e. The van der Waals surface area contributed by atoms with E-state index in [0.29, 0.717) is 11.1 Å². The molecule has 0 bridgehead atoms. The van der Waals surface area contributed by atoms with Gasteiger partial charge in [-0.15, -0.1) is 0 Å². The molecule has 0 saturated heterocycles. The second-order valence-electron chi connectivity index (χ2n) is 3.07. The molecule has 0 aliphatic carbocycles. The van der Waals surface area contributed by atoms with Crippen LogP contribution in [0.1, 0.15) is 24.2 Å². The summed E-state index contributed by atoms with van der Waals surface area (Å²) in [5, 5.41) is 2.19. The van der Waals surface area contributed by atoms with Gasteiger partial charge in [0.1, 0.15) is 0 Å². The van der Waals surface area contributed by atoms with Gasteiger partial charge in [0.25, 0.3) is 5.91 Å². The zero-order chi connectivity index (χ0) is 11.9. The number of hydrogen-bond donors (Lipinski definition) is 2. The van der Waals surface area contributed by atoms with Gasteiger partial charge in [-0.05, 0) is 17.2 Å². The van der Waals surface area contributed by atoms with E-state index in [1.807, 2.05) is 0 Å². The normalized spacial score (nSPS) is 18.1. The van der Waals surface area contributed by atoms with Crippen LogP contribution in [0.5, 0.6) is 0 Å². The van der Waals surface area contributed by atoms with Crippen LogP contribution in [-0.4, -0.2) is 11.8 Å². The zero-order valence-corrected chi connectivity index (χ0v) is 7.33. The van der Waals surface area contributed by atoms with Gasteiger partial charge in [-0.25, -0.2) is 0 Å². The van der Waals surface area contributed by atoms with Crippen LogP contribution in [-0.2, 0) is 17.7 Å². The molecule has 0 saturated carbocycles. The third-order valence-electron chi connectivity index (χ3n) is 2.12. The van der Waals surface area contributed by atoms with E-state index in [4.69, 9.17) is 8.48 Å². The first-order valence-electron chi connectivity index (χ1n) is 5.14. The molecule has 0 aromatic heterocycles. The summed E-state index contributed by atoms with van der Waals surface area (Å²) in [6.07, 6.45) is 0.0744. The highest BCUT2D eigenvalue weighted by atomic mass is 16.2. The Morgan fingerprint density at radius 3 is 3.00 bits per heavy atom. The van der Waals surface area contributed by atoms with E-state index in [0.717, 1.165) is 0 Å². The van der Waals surface area contributed by atoms with Crippen LogP contribution in [0.2, 0.25) is 0 Å². The van der Waals surface area contributed by atoms with E-state index >= 15 is 0 Å². The van der Waals surface area contributed by atoms with Gasteiger partial charge in [-0.1, -0.05) is 12.1 Å². The molecule has 1 heterocycles. The van der Waals surface area contributed by atoms with Crippen LogP contribution in [0.3, 0.4) is 0 Å². The van der Waals surface area contributed by atoms with Gasteiger partial charge in [-0.2, -0.15) is 0 Å². The number of carbonyl (C=O) groups excluding carboxylic acids is 2. The first-order chi connectivity index (χ1) is 7.38. The molecule has 3 N–H and O–H groups in total. The van der Waals surface area contributed by atoms with Crippen molar-refractivity contribution in [1.82, 2.24) is 5.32 Å². The number of rotatable bonds is 1. The van der Waals surface area contributed by atoms with E-state index in [1.54, 1.807) is 0 Å². The summed E-state index contributed by atoms with van der Waals surface area (Å²) in [4.78, 5) is 22.5. The standard InChI is InChI=1S/C10H10N2O2/c11-5-6-1-2-8-7(3-6)4-9(13)12-10(8)14/h1-3H,4-5,11H2,(H,12,13,14)/i5D2. The Hall–Kier alpha value is -1.68. The van der Waals surface area contributed by atoms with Crippen molar-refractivity contribution in [2.45, 2.75) is 12.9 Å². The number of fused-ring (bicyclic) bond motifs is 1. The SMILES string of the molecule is [2H]C([2H])(N)c1ccc2c(c1)CC(=O)NC2=O. The average molecular weight is 192 g/mol. The third kappa shape index (κ3) is 1.40. The summed E-state index contributed by atoms with van der Waals surface area (Å²) in [5.74, 6) is -0.831. The quantitative estimate of drug-likeness (QED) is 0.613. The Kier molecular flexibility index (Phi) is 1.55. The molecule has 0 atom stereocenters. The Balaban J connectivity index is 2.50. The van der Waals surface area contributed by atoms with Crippen LogP contribution in [0.15, 0.2) is 18.2 Å². The largest absolute Gasteiger partial charge is 0.326 e. The molecule has 0 spiro atoms. The summed E-state index contributed by atoms with van der Waals surface area (Å²) in [6, 6.07) is 4.40. The summed E-state index contributed by atoms with van der Waals surface area (Å²) in [7, 11) is 0. The molecule has 1 aliphatic heterocycles. The highest BCUT2D eigenvalue weighted by Crippen LogP contribution is 2.16. The predicted octanol–water partition coefficient (Wildman–Crippen LogP) is -0.0422. The molecule has 0 unspecified atom stereocenters. The average Bonchev–Trinajstić information content (AvgIpc) is 2.15. The number of imide groups is 1. The molecule has 14 heavy (non-hydrogen) atoms. The summed E-state index contributed by atoms with van der Waals surface area (Å²) >= 11 is 0. The number of benzene rings is 1. The topological polar surface area (TPSA) is 72.2 Å². The molecule has 0 radical (unpaired) electrons.